The van der Waals surface area contributed by atoms with Crippen molar-refractivity contribution in [2.45, 2.75) is 58.1 Å². The number of piperidine rings is 1. The Balaban J connectivity index is 1.62. The van der Waals surface area contributed by atoms with Gasteiger partial charge in [0.05, 0.1) is 6.54 Å². The van der Waals surface area contributed by atoms with Gasteiger partial charge >= 0.3 is 6.09 Å². The largest absolute Gasteiger partial charge is 0.441 e. The summed E-state index contributed by atoms with van der Waals surface area (Å²) in [6.07, 6.45) is 3.27. The number of rotatable bonds is 4. The molecule has 0 N–H and O–H groups in total. The Morgan fingerprint density at radius 2 is 2.04 bits per heavy atom. The predicted molar refractivity (Wildman–Crippen MR) is 96.6 cm³/mol. The van der Waals surface area contributed by atoms with E-state index in [1.54, 1.807) is 0 Å². The van der Waals surface area contributed by atoms with Crippen LogP contribution in [0.1, 0.15) is 55.5 Å². The molecule has 1 atom stereocenters. The molecule has 0 aromatic heterocycles. The summed E-state index contributed by atoms with van der Waals surface area (Å²) in [7, 11) is 0. The molecule has 2 saturated heterocycles. The monoisotopic (exact) mass is 344 g/mol. The van der Waals surface area contributed by atoms with Gasteiger partial charge < -0.3 is 14.5 Å². The summed E-state index contributed by atoms with van der Waals surface area (Å²) in [6, 6.07) is 7.91. The SMILES string of the molecule is CCCC(C)N1CC2(CCN(C(=O)c3cccc(C)c3)CC2)OC1=O. The first-order chi connectivity index (χ1) is 11.9. The number of benzene rings is 1. The number of amides is 2. The molecule has 0 saturated carbocycles. The molecule has 5 nitrogen and oxygen atoms in total. The molecule has 1 aromatic rings. The fourth-order valence-corrected chi connectivity index (χ4v) is 3.90. The minimum atomic E-state index is -0.414. The zero-order chi connectivity index (χ0) is 18.0. The van der Waals surface area contributed by atoms with Gasteiger partial charge in [0.25, 0.3) is 5.91 Å². The first kappa shape index (κ1) is 17.8. The summed E-state index contributed by atoms with van der Waals surface area (Å²) in [5, 5.41) is 0. The molecule has 25 heavy (non-hydrogen) atoms. The van der Waals surface area contributed by atoms with Crippen LogP contribution in [0.4, 0.5) is 4.79 Å². The Morgan fingerprint density at radius 3 is 2.68 bits per heavy atom. The van der Waals surface area contributed by atoms with Crippen LogP contribution in [-0.4, -0.2) is 53.1 Å². The van der Waals surface area contributed by atoms with Crippen LogP contribution in [0.3, 0.4) is 0 Å². The molecule has 0 aliphatic carbocycles. The van der Waals surface area contributed by atoms with Crippen molar-refractivity contribution >= 4 is 12.0 Å². The molecule has 2 aliphatic rings. The zero-order valence-corrected chi connectivity index (χ0v) is 15.5. The van der Waals surface area contributed by atoms with E-state index in [-0.39, 0.29) is 18.0 Å². The Kier molecular flexibility index (Phi) is 5.02. The lowest BCUT2D eigenvalue weighted by Gasteiger charge is -2.37. The molecule has 136 valence electrons. The number of carbonyl (C=O) groups is 2. The van der Waals surface area contributed by atoms with Crippen molar-refractivity contribution in [3.8, 4) is 0 Å². The van der Waals surface area contributed by atoms with Gasteiger partial charge in [0.1, 0.15) is 5.60 Å². The van der Waals surface area contributed by atoms with Crippen molar-refractivity contribution in [3.05, 3.63) is 35.4 Å². The normalized spacial score (nSPS) is 20.7. The third-order valence-electron chi connectivity index (χ3n) is 5.46. The van der Waals surface area contributed by atoms with Crippen LogP contribution in [0.25, 0.3) is 0 Å². The maximum Gasteiger partial charge on any atom is 0.410 e. The lowest BCUT2D eigenvalue weighted by Crippen LogP contribution is -2.49. The number of hydrogen-bond acceptors (Lipinski definition) is 3. The van der Waals surface area contributed by atoms with E-state index in [1.165, 1.54) is 0 Å². The van der Waals surface area contributed by atoms with E-state index in [9.17, 15) is 9.59 Å². The third kappa shape index (κ3) is 3.65. The van der Waals surface area contributed by atoms with E-state index < -0.39 is 5.60 Å². The molecule has 0 bridgehead atoms. The smallest absolute Gasteiger partial charge is 0.410 e. The van der Waals surface area contributed by atoms with E-state index in [4.69, 9.17) is 4.74 Å². The first-order valence-electron chi connectivity index (χ1n) is 9.30. The Morgan fingerprint density at radius 1 is 1.32 bits per heavy atom. The van der Waals surface area contributed by atoms with Crippen LogP contribution in [0.5, 0.6) is 0 Å². The Bertz CT molecular complexity index is 650. The standard InChI is InChI=1S/C20H28N2O3/c1-4-6-16(3)22-14-20(25-19(22)24)9-11-21(12-10-20)18(23)17-8-5-7-15(2)13-17/h5,7-8,13,16H,4,6,9-12,14H2,1-3H3. The number of carbonyl (C=O) groups excluding carboxylic acids is 2. The van der Waals surface area contributed by atoms with Crippen LogP contribution in [0.2, 0.25) is 0 Å². The number of nitrogens with zero attached hydrogens (tertiary/aromatic N) is 2. The Labute approximate surface area is 149 Å². The van der Waals surface area contributed by atoms with Crippen LogP contribution in [-0.2, 0) is 4.74 Å². The zero-order valence-electron chi connectivity index (χ0n) is 15.5. The molecule has 2 amide bonds. The third-order valence-corrected chi connectivity index (χ3v) is 5.46. The fourth-order valence-electron chi connectivity index (χ4n) is 3.90. The van der Waals surface area contributed by atoms with E-state index >= 15 is 0 Å². The highest BCUT2D eigenvalue weighted by atomic mass is 16.6. The van der Waals surface area contributed by atoms with Gasteiger partial charge in [-0.3, -0.25) is 4.79 Å². The van der Waals surface area contributed by atoms with Gasteiger partial charge in [-0.05, 0) is 32.4 Å². The second-order valence-electron chi connectivity index (χ2n) is 7.48. The maximum absolute atomic E-state index is 12.7. The molecule has 1 spiro atoms. The molecular formula is C20H28N2O3. The molecule has 2 aliphatic heterocycles. The molecule has 3 rings (SSSR count). The lowest BCUT2D eigenvalue weighted by molar-refractivity contribution is 0.00306. The molecular weight excluding hydrogens is 316 g/mol. The van der Waals surface area contributed by atoms with Crippen LogP contribution >= 0.6 is 0 Å². The summed E-state index contributed by atoms with van der Waals surface area (Å²) >= 11 is 0. The predicted octanol–water partition coefficient (Wildman–Crippen LogP) is 3.61. The number of aryl methyl sites for hydroxylation is 1. The van der Waals surface area contributed by atoms with Crippen molar-refractivity contribution in [1.82, 2.24) is 9.80 Å². The summed E-state index contributed by atoms with van der Waals surface area (Å²) in [6.45, 7) is 8.13. The number of likely N-dealkylation sites (tertiary alicyclic amines) is 1. The van der Waals surface area contributed by atoms with Crippen LogP contribution in [0, 0.1) is 6.92 Å². The maximum atomic E-state index is 12.7. The second kappa shape index (κ2) is 7.06. The average molecular weight is 344 g/mol. The molecule has 0 radical (unpaired) electrons. The van der Waals surface area contributed by atoms with Gasteiger partial charge in [0.15, 0.2) is 0 Å². The minimum absolute atomic E-state index is 0.0686. The van der Waals surface area contributed by atoms with Gasteiger partial charge in [-0.15, -0.1) is 0 Å². The average Bonchev–Trinajstić information content (AvgIpc) is 2.91. The van der Waals surface area contributed by atoms with Crippen molar-refractivity contribution in [3.63, 3.8) is 0 Å². The van der Waals surface area contributed by atoms with Gasteiger partial charge in [-0.2, -0.15) is 0 Å². The summed E-state index contributed by atoms with van der Waals surface area (Å²) in [5.41, 5.74) is 1.41. The van der Waals surface area contributed by atoms with Crippen LogP contribution in [0.15, 0.2) is 24.3 Å². The quantitative estimate of drug-likeness (QED) is 0.838. The van der Waals surface area contributed by atoms with E-state index in [0.29, 0.717) is 32.5 Å². The van der Waals surface area contributed by atoms with Crippen molar-refractivity contribution in [2.75, 3.05) is 19.6 Å². The number of hydrogen-bond donors (Lipinski definition) is 0. The second-order valence-corrected chi connectivity index (χ2v) is 7.48. The van der Waals surface area contributed by atoms with Gasteiger partial charge in [0.2, 0.25) is 0 Å². The molecule has 2 fully saturated rings. The van der Waals surface area contributed by atoms with E-state index in [1.807, 2.05) is 41.0 Å². The fraction of sp³-hybridized carbons (Fsp3) is 0.600. The molecule has 5 heteroatoms. The topological polar surface area (TPSA) is 49.9 Å². The molecule has 2 heterocycles. The highest BCUT2D eigenvalue weighted by Crippen LogP contribution is 2.35. The van der Waals surface area contributed by atoms with E-state index in [2.05, 4.69) is 13.8 Å². The van der Waals surface area contributed by atoms with Crippen molar-refractivity contribution in [1.29, 1.82) is 0 Å². The summed E-state index contributed by atoms with van der Waals surface area (Å²) in [5.74, 6) is 0.0686. The minimum Gasteiger partial charge on any atom is -0.441 e. The number of ether oxygens (including phenoxy) is 1. The highest BCUT2D eigenvalue weighted by molar-refractivity contribution is 5.94. The molecule has 1 unspecified atom stereocenters. The Hall–Kier alpha value is -2.04. The van der Waals surface area contributed by atoms with E-state index in [0.717, 1.165) is 24.0 Å². The van der Waals surface area contributed by atoms with Gasteiger partial charge in [-0.1, -0.05) is 31.0 Å². The van der Waals surface area contributed by atoms with Crippen molar-refractivity contribution < 1.29 is 14.3 Å². The summed E-state index contributed by atoms with van der Waals surface area (Å²) < 4.78 is 5.77. The van der Waals surface area contributed by atoms with Crippen molar-refractivity contribution in [2.24, 2.45) is 0 Å². The molecule has 1 aromatic carbocycles. The highest BCUT2D eigenvalue weighted by Gasteiger charge is 2.48. The first-order valence-corrected chi connectivity index (χ1v) is 9.30. The van der Waals surface area contributed by atoms with Gasteiger partial charge in [0, 0.05) is 37.5 Å². The summed E-state index contributed by atoms with van der Waals surface area (Å²) in [4.78, 5) is 28.7. The van der Waals surface area contributed by atoms with Crippen LogP contribution < -0.4 is 0 Å². The lowest BCUT2D eigenvalue weighted by atomic mass is 9.90. The van der Waals surface area contributed by atoms with Gasteiger partial charge in [-0.25, -0.2) is 4.79 Å².